The molecule has 98 valence electrons. The van der Waals surface area contributed by atoms with Crippen molar-refractivity contribution < 1.29 is 0 Å². The Kier molecular flexibility index (Phi) is 3.63. The van der Waals surface area contributed by atoms with Crippen molar-refractivity contribution in [3.05, 3.63) is 11.2 Å². The molecule has 1 aromatic heterocycles. The number of hydrogen-bond acceptors (Lipinski definition) is 5. The predicted molar refractivity (Wildman–Crippen MR) is 75.4 cm³/mol. The van der Waals surface area contributed by atoms with Crippen molar-refractivity contribution >= 4 is 29.2 Å². The summed E-state index contributed by atoms with van der Waals surface area (Å²) in [7, 11) is 0. The van der Waals surface area contributed by atoms with Crippen LogP contribution in [-0.4, -0.2) is 46.3 Å². The van der Waals surface area contributed by atoms with E-state index in [1.54, 1.807) is 6.07 Å². The Balaban J connectivity index is 1.63. The van der Waals surface area contributed by atoms with Crippen LogP contribution in [0.2, 0.25) is 5.15 Å². The molecular weight excluding hydrogens is 268 g/mol. The van der Waals surface area contributed by atoms with Crippen LogP contribution in [0.15, 0.2) is 11.2 Å². The first-order valence-corrected chi connectivity index (χ1v) is 7.94. The standard InChI is InChI=1S/C12H17ClN4S/c1-18-12-15-10(13)6-11(16-12)14-8-4-5-17(7-8)9-2-3-9/h6,8-9H,2-5,7H2,1H3,(H,14,15,16). The summed E-state index contributed by atoms with van der Waals surface area (Å²) in [5, 5.41) is 4.71. The molecule has 1 N–H and O–H groups in total. The molecule has 1 aliphatic heterocycles. The molecule has 1 saturated heterocycles. The van der Waals surface area contributed by atoms with Crippen molar-refractivity contribution in [2.24, 2.45) is 0 Å². The Bertz CT molecular complexity index is 438. The number of halogens is 1. The average Bonchev–Trinajstić information content (AvgIpc) is 3.10. The molecule has 2 heterocycles. The summed E-state index contributed by atoms with van der Waals surface area (Å²) in [6, 6.07) is 3.15. The molecular formula is C12H17ClN4S. The summed E-state index contributed by atoms with van der Waals surface area (Å²) in [5.41, 5.74) is 0. The SMILES string of the molecule is CSc1nc(Cl)cc(NC2CCN(C3CC3)C2)n1. The fourth-order valence-electron chi connectivity index (χ4n) is 2.45. The van der Waals surface area contributed by atoms with Gasteiger partial charge in [-0.05, 0) is 25.5 Å². The second-order valence-corrected chi connectivity index (χ2v) is 6.08. The van der Waals surface area contributed by atoms with E-state index in [4.69, 9.17) is 11.6 Å². The lowest BCUT2D eigenvalue weighted by Crippen LogP contribution is -2.28. The van der Waals surface area contributed by atoms with Crippen molar-refractivity contribution in [3.8, 4) is 0 Å². The number of nitrogens with one attached hydrogen (secondary N) is 1. The molecule has 2 fully saturated rings. The molecule has 6 heteroatoms. The highest BCUT2D eigenvalue weighted by Crippen LogP contribution is 2.30. The largest absolute Gasteiger partial charge is 0.366 e. The molecule has 1 aliphatic carbocycles. The summed E-state index contributed by atoms with van der Waals surface area (Å²) < 4.78 is 0. The van der Waals surface area contributed by atoms with Crippen LogP contribution in [-0.2, 0) is 0 Å². The van der Waals surface area contributed by atoms with Crippen LogP contribution in [0.3, 0.4) is 0 Å². The number of thioether (sulfide) groups is 1. The van der Waals surface area contributed by atoms with Crippen LogP contribution in [0.25, 0.3) is 0 Å². The first-order chi connectivity index (χ1) is 8.74. The zero-order chi connectivity index (χ0) is 12.5. The van der Waals surface area contributed by atoms with E-state index in [0.717, 1.165) is 23.6 Å². The van der Waals surface area contributed by atoms with E-state index in [0.29, 0.717) is 11.2 Å². The Hall–Kier alpha value is -0.520. The summed E-state index contributed by atoms with van der Waals surface area (Å²) in [6.07, 6.45) is 5.90. The first kappa shape index (κ1) is 12.5. The predicted octanol–water partition coefficient (Wildman–Crippen LogP) is 2.50. The van der Waals surface area contributed by atoms with Crippen LogP contribution in [0.5, 0.6) is 0 Å². The van der Waals surface area contributed by atoms with Gasteiger partial charge >= 0.3 is 0 Å². The molecule has 1 saturated carbocycles. The molecule has 1 unspecified atom stereocenters. The minimum absolute atomic E-state index is 0.492. The highest BCUT2D eigenvalue weighted by Gasteiger charge is 2.34. The van der Waals surface area contributed by atoms with Crippen LogP contribution in [0.1, 0.15) is 19.3 Å². The second-order valence-electron chi connectivity index (χ2n) is 4.92. The zero-order valence-corrected chi connectivity index (χ0v) is 12.0. The number of anilines is 1. The van der Waals surface area contributed by atoms with Gasteiger partial charge in [-0.25, -0.2) is 9.97 Å². The van der Waals surface area contributed by atoms with Gasteiger partial charge in [0.2, 0.25) is 0 Å². The third kappa shape index (κ3) is 2.90. The highest BCUT2D eigenvalue weighted by atomic mass is 35.5. The van der Waals surface area contributed by atoms with Gasteiger partial charge in [0, 0.05) is 31.2 Å². The maximum atomic E-state index is 5.99. The average molecular weight is 285 g/mol. The monoisotopic (exact) mass is 284 g/mol. The molecule has 3 rings (SSSR count). The van der Waals surface area contributed by atoms with Crippen molar-refractivity contribution in [2.75, 3.05) is 24.7 Å². The van der Waals surface area contributed by atoms with Crippen molar-refractivity contribution in [1.29, 1.82) is 0 Å². The van der Waals surface area contributed by atoms with Crippen LogP contribution < -0.4 is 5.32 Å². The number of aromatic nitrogens is 2. The fourth-order valence-corrected chi connectivity index (χ4v) is 3.06. The van der Waals surface area contributed by atoms with E-state index in [1.807, 2.05) is 6.26 Å². The quantitative estimate of drug-likeness (QED) is 0.523. The van der Waals surface area contributed by atoms with E-state index in [9.17, 15) is 0 Å². The maximum absolute atomic E-state index is 5.99. The van der Waals surface area contributed by atoms with E-state index in [1.165, 1.54) is 37.6 Å². The van der Waals surface area contributed by atoms with E-state index in [-0.39, 0.29) is 0 Å². The molecule has 1 aromatic rings. The highest BCUT2D eigenvalue weighted by molar-refractivity contribution is 7.98. The lowest BCUT2D eigenvalue weighted by molar-refractivity contribution is 0.326. The van der Waals surface area contributed by atoms with E-state index >= 15 is 0 Å². The zero-order valence-electron chi connectivity index (χ0n) is 10.4. The normalized spacial score (nSPS) is 24.4. The maximum Gasteiger partial charge on any atom is 0.190 e. The molecule has 0 amide bonds. The van der Waals surface area contributed by atoms with Crippen LogP contribution in [0.4, 0.5) is 5.82 Å². The van der Waals surface area contributed by atoms with Gasteiger partial charge in [0.05, 0.1) is 0 Å². The van der Waals surface area contributed by atoms with Gasteiger partial charge in [-0.3, -0.25) is 4.90 Å². The van der Waals surface area contributed by atoms with Crippen molar-refractivity contribution in [2.45, 2.75) is 36.5 Å². The van der Waals surface area contributed by atoms with Gasteiger partial charge in [-0.2, -0.15) is 0 Å². The van der Waals surface area contributed by atoms with Gasteiger partial charge in [0.25, 0.3) is 0 Å². The third-order valence-corrected chi connectivity index (χ3v) is 4.23. The Morgan fingerprint density at radius 2 is 2.22 bits per heavy atom. The van der Waals surface area contributed by atoms with Crippen LogP contribution >= 0.6 is 23.4 Å². The molecule has 4 nitrogen and oxygen atoms in total. The molecule has 18 heavy (non-hydrogen) atoms. The number of rotatable bonds is 4. The minimum Gasteiger partial charge on any atom is -0.366 e. The summed E-state index contributed by atoms with van der Waals surface area (Å²) >= 11 is 7.50. The Morgan fingerprint density at radius 3 is 2.94 bits per heavy atom. The van der Waals surface area contributed by atoms with Crippen molar-refractivity contribution in [3.63, 3.8) is 0 Å². The lowest BCUT2D eigenvalue weighted by Gasteiger charge is -2.16. The summed E-state index contributed by atoms with van der Waals surface area (Å²) in [5.74, 6) is 0.849. The smallest absolute Gasteiger partial charge is 0.190 e. The number of likely N-dealkylation sites (tertiary alicyclic amines) is 1. The Labute approximate surface area is 117 Å². The third-order valence-electron chi connectivity index (χ3n) is 3.49. The summed E-state index contributed by atoms with van der Waals surface area (Å²) in [4.78, 5) is 11.2. The Morgan fingerprint density at radius 1 is 1.39 bits per heavy atom. The van der Waals surface area contributed by atoms with Gasteiger partial charge in [-0.1, -0.05) is 23.4 Å². The van der Waals surface area contributed by atoms with Gasteiger partial charge in [0.15, 0.2) is 5.16 Å². The van der Waals surface area contributed by atoms with Gasteiger partial charge in [-0.15, -0.1) is 0 Å². The molecule has 1 atom stereocenters. The van der Waals surface area contributed by atoms with Crippen molar-refractivity contribution in [1.82, 2.24) is 14.9 Å². The number of hydrogen-bond donors (Lipinski definition) is 1. The number of nitrogens with zero attached hydrogens (tertiary/aromatic N) is 3. The molecule has 0 bridgehead atoms. The van der Waals surface area contributed by atoms with Gasteiger partial charge < -0.3 is 5.32 Å². The van der Waals surface area contributed by atoms with E-state index < -0.39 is 0 Å². The fraction of sp³-hybridized carbons (Fsp3) is 0.667. The molecule has 2 aliphatic rings. The van der Waals surface area contributed by atoms with Crippen LogP contribution in [0, 0.1) is 0 Å². The second kappa shape index (κ2) is 5.23. The van der Waals surface area contributed by atoms with Gasteiger partial charge in [0.1, 0.15) is 11.0 Å². The topological polar surface area (TPSA) is 41.1 Å². The minimum atomic E-state index is 0.492. The van der Waals surface area contributed by atoms with E-state index in [2.05, 4.69) is 20.2 Å². The molecule has 0 spiro atoms. The lowest BCUT2D eigenvalue weighted by atomic mass is 10.2. The molecule has 0 aromatic carbocycles. The summed E-state index contributed by atoms with van der Waals surface area (Å²) in [6.45, 7) is 2.33. The first-order valence-electron chi connectivity index (χ1n) is 6.34. The molecule has 0 radical (unpaired) electrons.